The van der Waals surface area contributed by atoms with Crippen molar-refractivity contribution in [2.45, 2.75) is 6.54 Å². The van der Waals surface area contributed by atoms with Gasteiger partial charge in [0.15, 0.2) is 5.82 Å². The van der Waals surface area contributed by atoms with Gasteiger partial charge >= 0.3 is 0 Å². The second kappa shape index (κ2) is 7.79. The molecule has 0 atom stereocenters. The molecule has 0 radical (unpaired) electrons. The predicted molar refractivity (Wildman–Crippen MR) is 93.1 cm³/mol. The van der Waals surface area contributed by atoms with Crippen molar-refractivity contribution in [3.63, 3.8) is 0 Å². The first-order valence-electron chi connectivity index (χ1n) is 7.63. The van der Waals surface area contributed by atoms with Crippen LogP contribution in [0.5, 0.6) is 0 Å². The van der Waals surface area contributed by atoms with E-state index in [-0.39, 0.29) is 18.1 Å². The van der Waals surface area contributed by atoms with Crippen LogP contribution in [0.25, 0.3) is 11.9 Å². The van der Waals surface area contributed by atoms with E-state index in [2.05, 4.69) is 20.4 Å². The molecule has 0 bridgehead atoms. The Bertz CT molecular complexity index is 953. The van der Waals surface area contributed by atoms with Crippen LogP contribution in [0.4, 0.5) is 5.69 Å². The highest BCUT2D eigenvalue weighted by molar-refractivity contribution is 5.91. The molecule has 0 saturated carbocycles. The van der Waals surface area contributed by atoms with Crippen molar-refractivity contribution in [3.8, 4) is 5.82 Å². The van der Waals surface area contributed by atoms with E-state index < -0.39 is 4.92 Å². The maximum Gasteiger partial charge on any atom is 0.270 e. The third-order valence-corrected chi connectivity index (χ3v) is 3.46. The second-order valence-electron chi connectivity index (χ2n) is 5.23. The van der Waals surface area contributed by atoms with Crippen LogP contribution in [0.1, 0.15) is 11.1 Å². The summed E-state index contributed by atoms with van der Waals surface area (Å²) >= 11 is 0. The van der Waals surface area contributed by atoms with Crippen molar-refractivity contribution in [1.29, 1.82) is 0 Å². The highest BCUT2D eigenvalue weighted by Crippen LogP contribution is 2.14. The number of hydrogen-bond donors (Lipinski definition) is 1. The number of aromatic nitrogens is 4. The summed E-state index contributed by atoms with van der Waals surface area (Å²) in [6, 6.07) is 9.63. The Labute approximate surface area is 148 Å². The molecule has 26 heavy (non-hydrogen) atoms. The van der Waals surface area contributed by atoms with Crippen LogP contribution in [0.15, 0.2) is 61.3 Å². The van der Waals surface area contributed by atoms with Gasteiger partial charge in [0.2, 0.25) is 5.91 Å². The summed E-state index contributed by atoms with van der Waals surface area (Å²) in [6.45, 7) is 0.251. The zero-order valence-electron chi connectivity index (χ0n) is 13.5. The fourth-order valence-corrected chi connectivity index (χ4v) is 2.25. The monoisotopic (exact) mass is 350 g/mol. The molecule has 3 aromatic rings. The third kappa shape index (κ3) is 4.15. The minimum absolute atomic E-state index is 0.0274. The van der Waals surface area contributed by atoms with Crippen molar-refractivity contribution in [3.05, 3.63) is 82.6 Å². The summed E-state index contributed by atoms with van der Waals surface area (Å²) < 4.78 is 1.51. The molecule has 1 amide bonds. The molecule has 0 aliphatic carbocycles. The fraction of sp³-hybridized carbons (Fsp3) is 0.0588. The van der Waals surface area contributed by atoms with Crippen LogP contribution in [0.3, 0.4) is 0 Å². The maximum atomic E-state index is 12.0. The van der Waals surface area contributed by atoms with Gasteiger partial charge in [0.25, 0.3) is 5.69 Å². The van der Waals surface area contributed by atoms with Gasteiger partial charge in [-0.2, -0.15) is 5.10 Å². The number of nitrogens with one attached hydrogen (secondary N) is 1. The largest absolute Gasteiger partial charge is 0.348 e. The van der Waals surface area contributed by atoms with Gasteiger partial charge in [-0.1, -0.05) is 18.2 Å². The molecule has 0 fully saturated rings. The maximum absolute atomic E-state index is 12.0. The van der Waals surface area contributed by atoms with Crippen molar-refractivity contribution in [2.24, 2.45) is 0 Å². The molecule has 1 aromatic carbocycles. The van der Waals surface area contributed by atoms with Gasteiger partial charge in [0, 0.05) is 36.5 Å². The van der Waals surface area contributed by atoms with Crippen molar-refractivity contribution in [2.75, 3.05) is 0 Å². The number of non-ortho nitro benzene ring substituents is 1. The van der Waals surface area contributed by atoms with E-state index in [1.807, 2.05) is 6.07 Å². The van der Waals surface area contributed by atoms with Gasteiger partial charge in [0.05, 0.1) is 4.92 Å². The lowest BCUT2D eigenvalue weighted by atomic mass is 10.2. The highest BCUT2D eigenvalue weighted by Gasteiger charge is 2.07. The van der Waals surface area contributed by atoms with Crippen LogP contribution >= 0.6 is 0 Å². The van der Waals surface area contributed by atoms with Crippen LogP contribution in [0.2, 0.25) is 0 Å². The van der Waals surface area contributed by atoms with Crippen LogP contribution in [-0.2, 0) is 11.3 Å². The molecule has 1 N–H and O–H groups in total. The number of pyridine rings is 1. The smallest absolute Gasteiger partial charge is 0.270 e. The van der Waals surface area contributed by atoms with Gasteiger partial charge in [0.1, 0.15) is 12.7 Å². The SMILES string of the molecule is O=C(/C=C\c1cccc([N+](=O)[O-])c1)NCc1cccnc1-n1cncn1. The lowest BCUT2D eigenvalue weighted by molar-refractivity contribution is -0.384. The topological polar surface area (TPSA) is 116 Å². The van der Waals surface area contributed by atoms with E-state index in [9.17, 15) is 14.9 Å². The van der Waals surface area contributed by atoms with E-state index in [0.29, 0.717) is 11.4 Å². The molecular formula is C17H14N6O3. The molecule has 9 heteroatoms. The first-order valence-corrected chi connectivity index (χ1v) is 7.63. The van der Waals surface area contributed by atoms with E-state index >= 15 is 0 Å². The Kier molecular flexibility index (Phi) is 5.08. The average molecular weight is 350 g/mol. The van der Waals surface area contributed by atoms with E-state index in [1.54, 1.807) is 24.4 Å². The van der Waals surface area contributed by atoms with E-state index in [4.69, 9.17) is 0 Å². The summed E-state index contributed by atoms with van der Waals surface area (Å²) in [6.07, 6.45) is 7.40. The van der Waals surface area contributed by atoms with Gasteiger partial charge in [-0.15, -0.1) is 0 Å². The van der Waals surface area contributed by atoms with Crippen molar-refractivity contribution < 1.29 is 9.72 Å². The minimum Gasteiger partial charge on any atom is -0.348 e. The van der Waals surface area contributed by atoms with Crippen LogP contribution < -0.4 is 5.32 Å². The highest BCUT2D eigenvalue weighted by atomic mass is 16.6. The first kappa shape index (κ1) is 17.0. The Balaban J connectivity index is 1.65. The Hall–Kier alpha value is -3.88. The van der Waals surface area contributed by atoms with Gasteiger partial charge in [-0.25, -0.2) is 14.6 Å². The minimum atomic E-state index is -0.481. The van der Waals surface area contributed by atoms with Gasteiger partial charge in [-0.3, -0.25) is 14.9 Å². The molecule has 0 aliphatic rings. The quantitative estimate of drug-likeness (QED) is 0.412. The first-order chi connectivity index (χ1) is 12.6. The predicted octanol–water partition coefficient (Wildman–Crippen LogP) is 1.90. The van der Waals surface area contributed by atoms with Gasteiger partial charge < -0.3 is 5.32 Å². The Morgan fingerprint density at radius 2 is 2.19 bits per heavy atom. The van der Waals surface area contributed by atoms with Crippen molar-refractivity contribution >= 4 is 17.7 Å². The van der Waals surface area contributed by atoms with Crippen LogP contribution in [0, 0.1) is 10.1 Å². The van der Waals surface area contributed by atoms with E-state index in [1.165, 1.54) is 41.6 Å². The summed E-state index contributed by atoms with van der Waals surface area (Å²) in [4.78, 5) is 30.4. The Morgan fingerprint density at radius 1 is 1.31 bits per heavy atom. The number of rotatable bonds is 6. The van der Waals surface area contributed by atoms with Crippen LogP contribution in [-0.4, -0.2) is 30.6 Å². The number of nitro benzene ring substituents is 1. The fourth-order valence-electron chi connectivity index (χ4n) is 2.25. The molecule has 9 nitrogen and oxygen atoms in total. The number of nitro groups is 1. The van der Waals surface area contributed by atoms with E-state index in [0.717, 1.165) is 5.56 Å². The summed E-state index contributed by atoms with van der Waals surface area (Å²) in [5.74, 6) is 0.248. The van der Waals surface area contributed by atoms with Gasteiger partial charge in [-0.05, 0) is 17.7 Å². The molecule has 130 valence electrons. The average Bonchev–Trinajstić information content (AvgIpc) is 3.19. The molecule has 0 unspecified atom stereocenters. The number of benzene rings is 1. The summed E-state index contributed by atoms with van der Waals surface area (Å²) in [5, 5.41) is 17.5. The molecule has 0 aliphatic heterocycles. The number of nitrogens with zero attached hydrogens (tertiary/aromatic N) is 5. The molecule has 2 aromatic heterocycles. The molecule has 0 saturated heterocycles. The number of carbonyl (C=O) groups is 1. The molecule has 2 heterocycles. The summed E-state index contributed by atoms with van der Waals surface area (Å²) in [5.41, 5.74) is 1.31. The Morgan fingerprint density at radius 3 is 2.96 bits per heavy atom. The standard InChI is InChI=1S/C17H14N6O3/c24-16(7-6-13-3-1-5-15(9-13)23(25)26)20-10-14-4-2-8-19-17(14)22-12-18-11-21-22/h1-9,11-12H,10H2,(H,20,24)/b7-6-. The van der Waals surface area contributed by atoms with Crippen molar-refractivity contribution in [1.82, 2.24) is 25.1 Å². The zero-order valence-corrected chi connectivity index (χ0v) is 13.5. The summed E-state index contributed by atoms with van der Waals surface area (Å²) in [7, 11) is 0. The lowest BCUT2D eigenvalue weighted by Crippen LogP contribution is -2.21. The molecule has 0 spiro atoms. The lowest BCUT2D eigenvalue weighted by Gasteiger charge is -2.08. The molecule has 3 rings (SSSR count). The molecular weight excluding hydrogens is 336 g/mol. The number of hydrogen-bond acceptors (Lipinski definition) is 6. The third-order valence-electron chi connectivity index (χ3n) is 3.46. The zero-order chi connectivity index (χ0) is 18.4. The normalized spacial score (nSPS) is 10.8. The number of carbonyl (C=O) groups excluding carboxylic acids is 1. The number of amides is 1. The second-order valence-corrected chi connectivity index (χ2v) is 5.23.